The van der Waals surface area contributed by atoms with Gasteiger partial charge in [0.05, 0.1) is 24.4 Å². The van der Waals surface area contributed by atoms with E-state index in [1.54, 1.807) is 30.3 Å². The molecule has 5 heteroatoms. The van der Waals surface area contributed by atoms with Crippen LogP contribution in [0, 0.1) is 17.1 Å². The third-order valence-corrected chi connectivity index (χ3v) is 3.20. The maximum absolute atomic E-state index is 13.7. The Balaban J connectivity index is 2.21. The fourth-order valence-corrected chi connectivity index (χ4v) is 2.02. The third kappa shape index (κ3) is 3.01. The number of nitriles is 1. The number of nitrogens with zero attached hydrogens (tertiary/aromatic N) is 1. The molecule has 0 aliphatic heterocycles. The van der Waals surface area contributed by atoms with Gasteiger partial charge in [0.25, 0.3) is 0 Å². The van der Waals surface area contributed by atoms with E-state index in [0.29, 0.717) is 27.6 Å². The van der Waals surface area contributed by atoms with Crippen LogP contribution in [0.1, 0.15) is 11.1 Å². The number of rotatable bonds is 4. The summed E-state index contributed by atoms with van der Waals surface area (Å²) < 4.78 is 18.9. The first-order chi connectivity index (χ1) is 9.65. The Morgan fingerprint density at radius 3 is 2.80 bits per heavy atom. The van der Waals surface area contributed by atoms with Gasteiger partial charge in [-0.1, -0.05) is 17.7 Å². The van der Waals surface area contributed by atoms with Crippen molar-refractivity contribution in [2.75, 3.05) is 12.4 Å². The lowest BCUT2D eigenvalue weighted by Gasteiger charge is -2.12. The predicted molar refractivity (Wildman–Crippen MR) is 76.4 cm³/mol. The molecule has 2 aromatic rings. The lowest BCUT2D eigenvalue weighted by atomic mass is 10.1. The number of hydrogen-bond acceptors (Lipinski definition) is 3. The van der Waals surface area contributed by atoms with Gasteiger partial charge in [0.1, 0.15) is 11.6 Å². The monoisotopic (exact) mass is 290 g/mol. The van der Waals surface area contributed by atoms with Crippen LogP contribution in [0.2, 0.25) is 5.02 Å². The fourth-order valence-electron chi connectivity index (χ4n) is 1.79. The van der Waals surface area contributed by atoms with E-state index < -0.39 is 0 Å². The Morgan fingerprint density at radius 2 is 2.15 bits per heavy atom. The SMILES string of the molecule is COc1cc(C#N)ccc1NCc1c(F)cccc1Cl. The maximum Gasteiger partial charge on any atom is 0.143 e. The molecular formula is C15H12ClFN2O. The average molecular weight is 291 g/mol. The first-order valence-electron chi connectivity index (χ1n) is 5.90. The van der Waals surface area contributed by atoms with Crippen molar-refractivity contribution in [3.8, 4) is 11.8 Å². The van der Waals surface area contributed by atoms with Gasteiger partial charge in [-0.05, 0) is 24.3 Å². The van der Waals surface area contributed by atoms with Crippen molar-refractivity contribution in [2.24, 2.45) is 0 Å². The lowest BCUT2D eigenvalue weighted by Crippen LogP contribution is -2.04. The molecule has 0 saturated carbocycles. The van der Waals surface area contributed by atoms with E-state index in [4.69, 9.17) is 21.6 Å². The van der Waals surface area contributed by atoms with E-state index in [1.807, 2.05) is 6.07 Å². The smallest absolute Gasteiger partial charge is 0.143 e. The lowest BCUT2D eigenvalue weighted by molar-refractivity contribution is 0.416. The molecule has 0 saturated heterocycles. The van der Waals surface area contributed by atoms with Gasteiger partial charge in [0.15, 0.2) is 0 Å². The topological polar surface area (TPSA) is 45.0 Å². The van der Waals surface area contributed by atoms with E-state index in [0.717, 1.165) is 0 Å². The van der Waals surface area contributed by atoms with Crippen LogP contribution in [0.4, 0.5) is 10.1 Å². The van der Waals surface area contributed by atoms with Crippen molar-refractivity contribution in [1.82, 2.24) is 0 Å². The van der Waals surface area contributed by atoms with Crippen LogP contribution >= 0.6 is 11.6 Å². The van der Waals surface area contributed by atoms with E-state index in [9.17, 15) is 4.39 Å². The van der Waals surface area contributed by atoms with Crippen LogP contribution < -0.4 is 10.1 Å². The molecule has 3 nitrogen and oxygen atoms in total. The Hall–Kier alpha value is -2.25. The molecule has 0 radical (unpaired) electrons. The second-order valence-electron chi connectivity index (χ2n) is 4.08. The van der Waals surface area contributed by atoms with Gasteiger partial charge in [-0.15, -0.1) is 0 Å². The zero-order valence-electron chi connectivity index (χ0n) is 10.8. The molecule has 0 aliphatic rings. The molecule has 0 aliphatic carbocycles. The molecule has 2 rings (SSSR count). The summed E-state index contributed by atoms with van der Waals surface area (Å²) in [4.78, 5) is 0. The molecule has 102 valence electrons. The van der Waals surface area contributed by atoms with E-state index in [1.165, 1.54) is 13.2 Å². The van der Waals surface area contributed by atoms with Gasteiger partial charge in [0.2, 0.25) is 0 Å². The fraction of sp³-hybridized carbons (Fsp3) is 0.133. The highest BCUT2D eigenvalue weighted by Crippen LogP contribution is 2.27. The molecule has 0 atom stereocenters. The summed E-state index contributed by atoms with van der Waals surface area (Å²) in [7, 11) is 1.51. The third-order valence-electron chi connectivity index (χ3n) is 2.85. The normalized spacial score (nSPS) is 9.90. The Morgan fingerprint density at radius 1 is 1.35 bits per heavy atom. The second kappa shape index (κ2) is 6.27. The van der Waals surface area contributed by atoms with Crippen molar-refractivity contribution in [2.45, 2.75) is 6.54 Å². The van der Waals surface area contributed by atoms with Crippen LogP contribution in [0.15, 0.2) is 36.4 Å². The predicted octanol–water partition coefficient (Wildman–Crippen LogP) is 3.97. The molecule has 0 bridgehead atoms. The van der Waals surface area contributed by atoms with Crippen molar-refractivity contribution in [3.63, 3.8) is 0 Å². The first kappa shape index (κ1) is 14.2. The number of anilines is 1. The molecule has 0 amide bonds. The van der Waals surface area contributed by atoms with Gasteiger partial charge >= 0.3 is 0 Å². The quantitative estimate of drug-likeness (QED) is 0.926. The maximum atomic E-state index is 13.7. The Kier molecular flexibility index (Phi) is 4.44. The number of halogens is 2. The van der Waals surface area contributed by atoms with Gasteiger partial charge in [-0.2, -0.15) is 5.26 Å². The molecule has 0 heterocycles. The number of methoxy groups -OCH3 is 1. The summed E-state index contributed by atoms with van der Waals surface area (Å²) in [5, 5.41) is 12.3. The van der Waals surface area contributed by atoms with Crippen molar-refractivity contribution < 1.29 is 9.13 Å². The van der Waals surface area contributed by atoms with Crippen LogP contribution in [-0.2, 0) is 6.54 Å². The Labute approximate surface area is 121 Å². The molecule has 0 aromatic heterocycles. The minimum Gasteiger partial charge on any atom is -0.495 e. The molecule has 20 heavy (non-hydrogen) atoms. The largest absolute Gasteiger partial charge is 0.495 e. The molecular weight excluding hydrogens is 279 g/mol. The van der Waals surface area contributed by atoms with Crippen molar-refractivity contribution in [1.29, 1.82) is 5.26 Å². The van der Waals surface area contributed by atoms with Gasteiger partial charge < -0.3 is 10.1 Å². The van der Waals surface area contributed by atoms with Gasteiger partial charge in [-0.25, -0.2) is 4.39 Å². The van der Waals surface area contributed by atoms with Gasteiger partial charge in [-0.3, -0.25) is 0 Å². The number of benzene rings is 2. The zero-order valence-corrected chi connectivity index (χ0v) is 11.5. The summed E-state index contributed by atoms with van der Waals surface area (Å²) in [6.45, 7) is 0.230. The minimum absolute atomic E-state index is 0.230. The first-order valence-corrected chi connectivity index (χ1v) is 6.28. The summed E-state index contributed by atoms with van der Waals surface area (Å²) in [5.74, 6) is 0.161. The summed E-state index contributed by atoms with van der Waals surface area (Å²) in [6.07, 6.45) is 0. The van der Waals surface area contributed by atoms with E-state index >= 15 is 0 Å². The van der Waals surface area contributed by atoms with Crippen LogP contribution in [-0.4, -0.2) is 7.11 Å². The summed E-state index contributed by atoms with van der Waals surface area (Å²) in [6, 6.07) is 11.6. The van der Waals surface area contributed by atoms with Crippen LogP contribution in [0.3, 0.4) is 0 Å². The molecule has 1 N–H and O–H groups in total. The van der Waals surface area contributed by atoms with Gasteiger partial charge in [0, 0.05) is 23.2 Å². The summed E-state index contributed by atoms with van der Waals surface area (Å²) in [5.41, 5.74) is 1.56. The molecule has 0 spiro atoms. The second-order valence-corrected chi connectivity index (χ2v) is 4.49. The summed E-state index contributed by atoms with van der Waals surface area (Å²) >= 11 is 5.96. The number of ether oxygens (including phenoxy) is 1. The number of nitrogens with one attached hydrogen (secondary N) is 1. The standard InChI is InChI=1S/C15H12ClFN2O/c1-20-15-7-10(8-18)5-6-14(15)19-9-11-12(16)3-2-4-13(11)17/h2-7,19H,9H2,1H3. The van der Waals surface area contributed by atoms with Crippen molar-refractivity contribution in [3.05, 3.63) is 58.4 Å². The minimum atomic E-state index is -0.363. The molecule has 2 aromatic carbocycles. The van der Waals surface area contributed by atoms with E-state index in [2.05, 4.69) is 5.32 Å². The van der Waals surface area contributed by atoms with Crippen molar-refractivity contribution >= 4 is 17.3 Å². The highest BCUT2D eigenvalue weighted by molar-refractivity contribution is 6.31. The highest BCUT2D eigenvalue weighted by atomic mass is 35.5. The van der Waals surface area contributed by atoms with Crippen LogP contribution in [0.5, 0.6) is 5.75 Å². The molecule has 0 fully saturated rings. The average Bonchev–Trinajstić information content (AvgIpc) is 2.46. The zero-order chi connectivity index (χ0) is 14.5. The van der Waals surface area contributed by atoms with Crippen LogP contribution in [0.25, 0.3) is 0 Å². The Bertz CT molecular complexity index is 647. The number of hydrogen-bond donors (Lipinski definition) is 1. The highest BCUT2D eigenvalue weighted by Gasteiger charge is 2.09. The van der Waals surface area contributed by atoms with E-state index in [-0.39, 0.29) is 12.4 Å². The molecule has 0 unspecified atom stereocenters.